The summed E-state index contributed by atoms with van der Waals surface area (Å²) < 4.78 is 11.2. The molecule has 0 heterocycles. The van der Waals surface area contributed by atoms with Crippen LogP contribution in [0.4, 0.5) is 0 Å². The van der Waals surface area contributed by atoms with Crippen molar-refractivity contribution in [1.82, 2.24) is 5.32 Å². The number of nitrogens with one attached hydrogen (secondary N) is 1. The summed E-state index contributed by atoms with van der Waals surface area (Å²) in [5, 5.41) is 2.96. The van der Waals surface area contributed by atoms with E-state index in [-0.39, 0.29) is 5.91 Å². The molecular formula is C23H31NO3. The highest BCUT2D eigenvalue weighted by Gasteiger charge is 2.09. The molecule has 0 spiro atoms. The number of rotatable bonds is 9. The number of carbonyl (C=O) groups is 1. The number of benzene rings is 2. The van der Waals surface area contributed by atoms with Gasteiger partial charge in [-0.2, -0.15) is 0 Å². The van der Waals surface area contributed by atoms with E-state index >= 15 is 0 Å². The first kappa shape index (κ1) is 20.8. The number of ether oxygens (including phenoxy) is 2. The zero-order valence-corrected chi connectivity index (χ0v) is 17.0. The molecule has 2 aromatic rings. The topological polar surface area (TPSA) is 47.6 Å². The summed E-state index contributed by atoms with van der Waals surface area (Å²) in [5.74, 6) is 2.39. The molecule has 27 heavy (non-hydrogen) atoms. The molecule has 0 unspecified atom stereocenters. The van der Waals surface area contributed by atoms with Crippen molar-refractivity contribution in [2.75, 3.05) is 13.7 Å². The second-order valence-corrected chi connectivity index (χ2v) is 7.48. The molecule has 0 aliphatic carbocycles. The Morgan fingerprint density at radius 3 is 2.30 bits per heavy atom. The summed E-state index contributed by atoms with van der Waals surface area (Å²) in [4.78, 5) is 12.4. The van der Waals surface area contributed by atoms with Gasteiger partial charge in [0.15, 0.2) is 11.5 Å². The van der Waals surface area contributed by atoms with Crippen LogP contribution in [0.25, 0.3) is 0 Å². The van der Waals surface area contributed by atoms with E-state index < -0.39 is 0 Å². The zero-order valence-electron chi connectivity index (χ0n) is 17.0. The summed E-state index contributed by atoms with van der Waals surface area (Å²) in [5.41, 5.74) is 2.86. The molecule has 0 saturated carbocycles. The van der Waals surface area contributed by atoms with Gasteiger partial charge in [0.25, 0.3) is 5.91 Å². The van der Waals surface area contributed by atoms with Crippen LogP contribution in [0.3, 0.4) is 0 Å². The van der Waals surface area contributed by atoms with Crippen LogP contribution >= 0.6 is 0 Å². The molecule has 0 saturated heterocycles. The van der Waals surface area contributed by atoms with E-state index in [0.29, 0.717) is 36.3 Å². The average Bonchev–Trinajstić information content (AvgIpc) is 2.66. The lowest BCUT2D eigenvalue weighted by molar-refractivity contribution is 0.0951. The van der Waals surface area contributed by atoms with Gasteiger partial charge in [0, 0.05) is 12.1 Å². The van der Waals surface area contributed by atoms with Crippen molar-refractivity contribution >= 4 is 5.91 Å². The number of methoxy groups -OCH3 is 1. The zero-order chi connectivity index (χ0) is 19.8. The van der Waals surface area contributed by atoms with E-state index in [1.165, 1.54) is 5.56 Å². The Kier molecular flexibility index (Phi) is 7.71. The summed E-state index contributed by atoms with van der Waals surface area (Å²) in [6.45, 7) is 9.72. The highest BCUT2D eigenvalue weighted by molar-refractivity contribution is 5.94. The lowest BCUT2D eigenvalue weighted by atomic mass is 10.0. The van der Waals surface area contributed by atoms with E-state index in [2.05, 4.69) is 33.0 Å². The molecule has 0 bridgehead atoms. The van der Waals surface area contributed by atoms with Crippen molar-refractivity contribution in [3.63, 3.8) is 0 Å². The van der Waals surface area contributed by atoms with Gasteiger partial charge in [0.2, 0.25) is 0 Å². The van der Waals surface area contributed by atoms with Gasteiger partial charge in [0.05, 0.1) is 13.7 Å². The summed E-state index contributed by atoms with van der Waals surface area (Å²) in [6, 6.07) is 13.5. The van der Waals surface area contributed by atoms with Gasteiger partial charge in [-0.3, -0.25) is 4.79 Å². The van der Waals surface area contributed by atoms with E-state index in [0.717, 1.165) is 17.7 Å². The van der Waals surface area contributed by atoms with Crippen molar-refractivity contribution < 1.29 is 14.3 Å². The third-order valence-electron chi connectivity index (χ3n) is 4.47. The van der Waals surface area contributed by atoms with E-state index in [1.54, 1.807) is 7.11 Å². The Balaban J connectivity index is 1.95. The van der Waals surface area contributed by atoms with Crippen LogP contribution in [-0.4, -0.2) is 19.6 Å². The molecule has 146 valence electrons. The second-order valence-electron chi connectivity index (χ2n) is 7.48. The molecule has 0 aliphatic heterocycles. The first-order valence-electron chi connectivity index (χ1n) is 9.58. The Hall–Kier alpha value is -2.49. The van der Waals surface area contributed by atoms with Gasteiger partial charge in [-0.15, -0.1) is 0 Å². The van der Waals surface area contributed by atoms with Gasteiger partial charge in [-0.25, -0.2) is 0 Å². The van der Waals surface area contributed by atoms with Crippen LogP contribution in [0.2, 0.25) is 0 Å². The van der Waals surface area contributed by atoms with Crippen LogP contribution in [0.5, 0.6) is 11.5 Å². The van der Waals surface area contributed by atoms with Crippen LogP contribution < -0.4 is 14.8 Å². The number of carbonyl (C=O) groups excluding carboxylic acids is 1. The van der Waals surface area contributed by atoms with E-state index in [9.17, 15) is 4.79 Å². The molecule has 2 aromatic carbocycles. The maximum Gasteiger partial charge on any atom is 0.251 e. The lowest BCUT2D eigenvalue weighted by Gasteiger charge is -2.13. The molecule has 2 rings (SSSR count). The van der Waals surface area contributed by atoms with Crippen molar-refractivity contribution in [2.45, 2.75) is 46.6 Å². The van der Waals surface area contributed by atoms with Crippen molar-refractivity contribution in [2.24, 2.45) is 5.92 Å². The van der Waals surface area contributed by atoms with Gasteiger partial charge in [-0.05, 0) is 53.6 Å². The molecule has 0 atom stereocenters. The van der Waals surface area contributed by atoms with Crippen LogP contribution in [0, 0.1) is 5.92 Å². The van der Waals surface area contributed by atoms with Crippen molar-refractivity contribution in [3.05, 3.63) is 59.2 Å². The van der Waals surface area contributed by atoms with E-state index in [1.807, 2.05) is 42.5 Å². The molecule has 4 heteroatoms. The fourth-order valence-corrected chi connectivity index (χ4v) is 2.65. The Bertz CT molecular complexity index is 736. The quantitative estimate of drug-likeness (QED) is 0.663. The van der Waals surface area contributed by atoms with Crippen LogP contribution in [-0.2, 0) is 6.54 Å². The first-order valence-corrected chi connectivity index (χ1v) is 9.58. The van der Waals surface area contributed by atoms with Gasteiger partial charge < -0.3 is 14.8 Å². The van der Waals surface area contributed by atoms with Gasteiger partial charge >= 0.3 is 0 Å². The minimum atomic E-state index is -0.0819. The third kappa shape index (κ3) is 6.31. The minimum Gasteiger partial charge on any atom is -0.493 e. The van der Waals surface area contributed by atoms with Gasteiger partial charge in [-0.1, -0.05) is 45.9 Å². The highest BCUT2D eigenvalue weighted by atomic mass is 16.5. The maximum atomic E-state index is 12.4. The molecule has 4 nitrogen and oxygen atoms in total. The van der Waals surface area contributed by atoms with Gasteiger partial charge in [0.1, 0.15) is 0 Å². The fourth-order valence-electron chi connectivity index (χ4n) is 2.65. The van der Waals surface area contributed by atoms with Crippen LogP contribution in [0.1, 0.15) is 61.5 Å². The molecule has 1 amide bonds. The smallest absolute Gasteiger partial charge is 0.251 e. The van der Waals surface area contributed by atoms with Crippen LogP contribution in [0.15, 0.2) is 42.5 Å². The predicted octanol–water partition coefficient (Wildman–Crippen LogP) is 5.17. The summed E-state index contributed by atoms with van der Waals surface area (Å²) in [7, 11) is 1.63. The van der Waals surface area contributed by atoms with Crippen molar-refractivity contribution in [3.8, 4) is 11.5 Å². The third-order valence-corrected chi connectivity index (χ3v) is 4.47. The fraction of sp³-hybridized carbons (Fsp3) is 0.435. The number of amides is 1. The minimum absolute atomic E-state index is 0.0819. The number of hydrogen-bond donors (Lipinski definition) is 1. The normalized spacial score (nSPS) is 10.9. The monoisotopic (exact) mass is 369 g/mol. The standard InChI is InChI=1S/C23H31NO3/c1-16(2)12-13-27-21-11-6-18(14-22(21)26-5)15-24-23(25)20-9-7-19(8-10-20)17(3)4/h6-11,14,16-17H,12-13,15H2,1-5H3,(H,24,25). The molecule has 1 N–H and O–H groups in total. The highest BCUT2D eigenvalue weighted by Crippen LogP contribution is 2.28. The number of hydrogen-bond acceptors (Lipinski definition) is 3. The summed E-state index contributed by atoms with van der Waals surface area (Å²) >= 11 is 0. The maximum absolute atomic E-state index is 12.4. The lowest BCUT2D eigenvalue weighted by Crippen LogP contribution is -2.22. The molecular weight excluding hydrogens is 338 g/mol. The molecule has 0 radical (unpaired) electrons. The van der Waals surface area contributed by atoms with Crippen molar-refractivity contribution in [1.29, 1.82) is 0 Å². The summed E-state index contributed by atoms with van der Waals surface area (Å²) in [6.07, 6.45) is 0.997. The molecule has 0 aromatic heterocycles. The predicted molar refractivity (Wildman–Crippen MR) is 110 cm³/mol. The average molecular weight is 370 g/mol. The SMILES string of the molecule is COc1cc(CNC(=O)c2ccc(C(C)C)cc2)ccc1OCCC(C)C. The molecule has 0 fully saturated rings. The van der Waals surface area contributed by atoms with E-state index in [4.69, 9.17) is 9.47 Å². The Morgan fingerprint density at radius 2 is 1.70 bits per heavy atom. The Morgan fingerprint density at radius 1 is 1.00 bits per heavy atom. The first-order chi connectivity index (χ1) is 12.9. The largest absolute Gasteiger partial charge is 0.493 e. The Labute approximate surface area is 162 Å². The molecule has 0 aliphatic rings. The second kappa shape index (κ2) is 10.0.